The summed E-state index contributed by atoms with van der Waals surface area (Å²) in [6.45, 7) is 1.90. The molecule has 0 saturated heterocycles. The van der Waals surface area contributed by atoms with Gasteiger partial charge >= 0.3 is 11.8 Å². The average Bonchev–Trinajstić information content (AvgIpc) is 2.76. The highest BCUT2D eigenvalue weighted by Gasteiger charge is 2.14. The van der Waals surface area contributed by atoms with Crippen LogP contribution in [-0.4, -0.2) is 17.5 Å². The molecule has 0 unspecified atom stereocenters. The number of rotatable bonds is 6. The Balaban J connectivity index is 1.56. The van der Waals surface area contributed by atoms with Crippen LogP contribution in [0.1, 0.15) is 18.1 Å². The second-order valence-corrected chi connectivity index (χ2v) is 8.45. The Labute approximate surface area is 210 Å². The summed E-state index contributed by atoms with van der Waals surface area (Å²) >= 11 is 24.1. The highest BCUT2D eigenvalue weighted by Crippen LogP contribution is 2.26. The zero-order chi connectivity index (χ0) is 24.0. The van der Waals surface area contributed by atoms with Crippen LogP contribution in [0.25, 0.3) is 0 Å². The topological polar surface area (TPSA) is 79.8 Å². The van der Waals surface area contributed by atoms with E-state index >= 15 is 0 Å². The van der Waals surface area contributed by atoms with Crippen molar-refractivity contribution in [1.29, 1.82) is 0 Å². The number of halogens is 4. The molecule has 0 aliphatic rings. The van der Waals surface area contributed by atoms with E-state index in [1.165, 1.54) is 18.2 Å². The van der Waals surface area contributed by atoms with Crippen LogP contribution in [0, 0.1) is 0 Å². The number of amides is 2. The molecule has 0 saturated carbocycles. The Bertz CT molecular complexity index is 1170. The van der Waals surface area contributed by atoms with Gasteiger partial charge in [-0.15, -0.1) is 0 Å². The molecule has 0 aliphatic heterocycles. The number of benzene rings is 3. The van der Waals surface area contributed by atoms with Gasteiger partial charge in [-0.3, -0.25) is 9.59 Å². The fraction of sp³-hybridized carbons (Fsp3) is 0.0870. The van der Waals surface area contributed by atoms with Crippen LogP contribution in [0.15, 0.2) is 65.8 Å². The first-order valence-electron chi connectivity index (χ1n) is 9.51. The fourth-order valence-electron chi connectivity index (χ4n) is 2.68. The van der Waals surface area contributed by atoms with Crippen molar-refractivity contribution < 1.29 is 14.3 Å². The molecular weight excluding hydrogens is 508 g/mol. The quantitative estimate of drug-likeness (QED) is 0.224. The number of anilines is 1. The van der Waals surface area contributed by atoms with Gasteiger partial charge in [0.2, 0.25) is 0 Å². The zero-order valence-corrected chi connectivity index (χ0v) is 20.2. The van der Waals surface area contributed by atoms with Crippen LogP contribution in [0.2, 0.25) is 20.1 Å². The Morgan fingerprint density at radius 1 is 0.879 bits per heavy atom. The molecular formula is C23H17Cl4N3O3. The minimum absolute atomic E-state index is 0.216. The number of carbonyl (C=O) groups is 2. The van der Waals surface area contributed by atoms with Crippen molar-refractivity contribution in [3.8, 4) is 5.75 Å². The molecule has 0 atom stereocenters. The van der Waals surface area contributed by atoms with Gasteiger partial charge < -0.3 is 10.1 Å². The molecule has 6 nitrogen and oxygen atoms in total. The third-order valence-corrected chi connectivity index (χ3v) is 5.51. The molecule has 0 radical (unpaired) electrons. The number of hydrazone groups is 1. The first-order chi connectivity index (χ1) is 15.7. The number of nitrogens with zero attached hydrogens (tertiary/aromatic N) is 1. The summed E-state index contributed by atoms with van der Waals surface area (Å²) in [5.74, 6) is -1.25. The molecule has 0 aliphatic carbocycles. The third-order valence-electron chi connectivity index (χ3n) is 4.37. The molecule has 33 heavy (non-hydrogen) atoms. The standard InChI is InChI=1S/C23H17Cl4N3O3/c1-13(29-30-23(32)22(31)28-17-10-15(24)9-16(25)11-17)14-5-7-18(8-6-14)33-12-19-20(26)3-2-4-21(19)27/h2-11H,12H2,1H3,(H,28,31)(H,30,32)/b29-13+. The summed E-state index contributed by atoms with van der Waals surface area (Å²) < 4.78 is 5.74. The molecule has 10 heteroatoms. The van der Waals surface area contributed by atoms with E-state index in [0.717, 1.165) is 5.56 Å². The van der Waals surface area contributed by atoms with Crippen LogP contribution >= 0.6 is 46.4 Å². The Hall–Kier alpha value is -2.77. The van der Waals surface area contributed by atoms with E-state index in [0.29, 0.717) is 42.8 Å². The minimum Gasteiger partial charge on any atom is -0.489 e. The van der Waals surface area contributed by atoms with Gasteiger partial charge in [0.15, 0.2) is 0 Å². The second kappa shape index (κ2) is 11.4. The molecule has 3 rings (SSSR count). The van der Waals surface area contributed by atoms with Crippen molar-refractivity contribution >= 4 is 69.6 Å². The molecule has 2 amide bonds. The number of nitrogens with one attached hydrogen (secondary N) is 2. The fourth-order valence-corrected chi connectivity index (χ4v) is 3.71. The van der Waals surface area contributed by atoms with Gasteiger partial charge in [-0.25, -0.2) is 5.43 Å². The maximum absolute atomic E-state index is 12.1. The van der Waals surface area contributed by atoms with Crippen LogP contribution < -0.4 is 15.5 Å². The lowest BCUT2D eigenvalue weighted by molar-refractivity contribution is -0.136. The number of hydrogen-bond donors (Lipinski definition) is 2. The summed E-state index contributed by atoms with van der Waals surface area (Å²) in [4.78, 5) is 24.1. The highest BCUT2D eigenvalue weighted by molar-refractivity contribution is 6.40. The van der Waals surface area contributed by atoms with Crippen LogP contribution in [0.5, 0.6) is 5.75 Å². The monoisotopic (exact) mass is 523 g/mol. The van der Waals surface area contributed by atoms with Gasteiger partial charge in [0.1, 0.15) is 12.4 Å². The van der Waals surface area contributed by atoms with Crippen LogP contribution in [-0.2, 0) is 16.2 Å². The van der Waals surface area contributed by atoms with Gasteiger partial charge in [0, 0.05) is 31.3 Å². The lowest BCUT2D eigenvalue weighted by Crippen LogP contribution is -2.32. The molecule has 170 valence electrons. The summed E-state index contributed by atoms with van der Waals surface area (Å²) in [7, 11) is 0. The number of ether oxygens (including phenoxy) is 1. The highest BCUT2D eigenvalue weighted by atomic mass is 35.5. The largest absolute Gasteiger partial charge is 0.489 e. The summed E-state index contributed by atoms with van der Waals surface area (Å²) in [6, 6.07) is 16.7. The van der Waals surface area contributed by atoms with Gasteiger partial charge in [0.25, 0.3) is 0 Å². The van der Waals surface area contributed by atoms with Crippen molar-refractivity contribution in [2.75, 3.05) is 5.32 Å². The van der Waals surface area contributed by atoms with E-state index in [2.05, 4.69) is 15.8 Å². The van der Waals surface area contributed by atoms with E-state index in [4.69, 9.17) is 51.1 Å². The number of hydrogen-bond acceptors (Lipinski definition) is 4. The summed E-state index contributed by atoms with van der Waals surface area (Å²) in [5.41, 5.74) is 4.42. The lowest BCUT2D eigenvalue weighted by atomic mass is 10.1. The second-order valence-electron chi connectivity index (χ2n) is 6.76. The van der Waals surface area contributed by atoms with Gasteiger partial charge in [-0.05, 0) is 67.1 Å². The van der Waals surface area contributed by atoms with E-state index in [9.17, 15) is 9.59 Å². The molecule has 2 N–H and O–H groups in total. The first-order valence-corrected chi connectivity index (χ1v) is 11.0. The molecule has 3 aromatic rings. The van der Waals surface area contributed by atoms with E-state index in [1.54, 1.807) is 49.4 Å². The molecule has 0 bridgehead atoms. The summed E-state index contributed by atoms with van der Waals surface area (Å²) in [6.07, 6.45) is 0. The maximum Gasteiger partial charge on any atom is 0.329 e. The van der Waals surface area contributed by atoms with Gasteiger partial charge in [-0.2, -0.15) is 5.10 Å². The van der Waals surface area contributed by atoms with Crippen molar-refractivity contribution in [2.45, 2.75) is 13.5 Å². The predicted molar refractivity (Wildman–Crippen MR) is 133 cm³/mol. The van der Waals surface area contributed by atoms with Crippen LogP contribution in [0.4, 0.5) is 5.69 Å². The van der Waals surface area contributed by atoms with E-state index < -0.39 is 11.8 Å². The van der Waals surface area contributed by atoms with Crippen molar-refractivity contribution in [2.24, 2.45) is 5.10 Å². The Kier molecular flexibility index (Phi) is 8.58. The normalized spacial score (nSPS) is 11.1. The Morgan fingerprint density at radius 2 is 1.48 bits per heavy atom. The van der Waals surface area contributed by atoms with Crippen LogP contribution in [0.3, 0.4) is 0 Å². The zero-order valence-electron chi connectivity index (χ0n) is 17.2. The van der Waals surface area contributed by atoms with E-state index in [-0.39, 0.29) is 6.61 Å². The molecule has 3 aromatic carbocycles. The SMILES string of the molecule is C/C(=N\NC(=O)C(=O)Nc1cc(Cl)cc(Cl)c1)c1ccc(OCc2c(Cl)cccc2Cl)cc1. The smallest absolute Gasteiger partial charge is 0.329 e. The average molecular weight is 525 g/mol. The molecule has 0 aromatic heterocycles. The Morgan fingerprint density at radius 3 is 2.09 bits per heavy atom. The maximum atomic E-state index is 12.1. The van der Waals surface area contributed by atoms with Crippen molar-refractivity contribution in [1.82, 2.24) is 5.43 Å². The minimum atomic E-state index is -0.943. The molecule has 0 heterocycles. The molecule has 0 spiro atoms. The van der Waals surface area contributed by atoms with Crippen molar-refractivity contribution in [3.63, 3.8) is 0 Å². The summed E-state index contributed by atoms with van der Waals surface area (Å²) in [5, 5.41) is 8.08. The van der Waals surface area contributed by atoms with Crippen molar-refractivity contribution in [3.05, 3.63) is 91.9 Å². The molecule has 0 fully saturated rings. The van der Waals surface area contributed by atoms with E-state index in [1.807, 2.05) is 0 Å². The predicted octanol–water partition coefficient (Wildman–Crippen LogP) is 6.36. The van der Waals surface area contributed by atoms with Gasteiger partial charge in [0.05, 0.1) is 5.71 Å². The first kappa shape index (κ1) is 24.9. The number of carbonyl (C=O) groups excluding carboxylic acids is 2. The van der Waals surface area contributed by atoms with Gasteiger partial charge in [-0.1, -0.05) is 52.5 Å². The lowest BCUT2D eigenvalue weighted by Gasteiger charge is -2.10. The third kappa shape index (κ3) is 7.11.